The number of benzene rings is 1. The lowest BCUT2D eigenvalue weighted by Gasteiger charge is -2.06. The van der Waals surface area contributed by atoms with Crippen molar-refractivity contribution < 1.29 is 9.18 Å². The van der Waals surface area contributed by atoms with E-state index in [1.54, 1.807) is 35.6 Å². The van der Waals surface area contributed by atoms with Gasteiger partial charge in [-0.2, -0.15) is 0 Å². The Morgan fingerprint density at radius 2 is 2.08 bits per heavy atom. The molecule has 4 aromatic rings. The molecule has 4 rings (SSSR count). The maximum atomic E-state index is 14.0. The van der Waals surface area contributed by atoms with E-state index in [9.17, 15) is 9.18 Å². The molecular formula is C19H13FN4OS. The largest absolute Gasteiger partial charge is 0.306 e. The van der Waals surface area contributed by atoms with E-state index in [2.05, 4.69) is 15.0 Å². The summed E-state index contributed by atoms with van der Waals surface area (Å²) in [6, 6.07) is 8.98. The molecule has 0 aliphatic rings. The highest BCUT2D eigenvalue weighted by Crippen LogP contribution is 2.24. The molecule has 0 bridgehead atoms. The van der Waals surface area contributed by atoms with Gasteiger partial charge < -0.3 is 4.57 Å². The molecule has 0 saturated heterocycles. The van der Waals surface area contributed by atoms with E-state index < -0.39 is 0 Å². The van der Waals surface area contributed by atoms with Gasteiger partial charge in [-0.25, -0.2) is 14.4 Å². The molecule has 0 unspecified atom stereocenters. The number of halogens is 1. The van der Waals surface area contributed by atoms with Gasteiger partial charge in [-0.1, -0.05) is 12.1 Å². The molecule has 7 heteroatoms. The standard InChI is InChI=1S/C19H13FN4OS/c1-12-8-22-19(26-12)18(25)17-10-24(11-23-17)14-4-2-3-13(7-14)15-5-6-21-9-16(15)20/h2-11H,1H3. The normalized spacial score (nSPS) is 10.8. The van der Waals surface area contributed by atoms with Crippen LogP contribution in [0.25, 0.3) is 16.8 Å². The predicted molar refractivity (Wildman–Crippen MR) is 97.0 cm³/mol. The van der Waals surface area contributed by atoms with Crippen molar-refractivity contribution in [3.05, 3.63) is 82.8 Å². The molecule has 26 heavy (non-hydrogen) atoms. The molecule has 0 fully saturated rings. The average molecular weight is 364 g/mol. The zero-order valence-corrected chi connectivity index (χ0v) is 14.6. The Balaban J connectivity index is 1.67. The first-order valence-corrected chi connectivity index (χ1v) is 8.65. The van der Waals surface area contributed by atoms with Gasteiger partial charge in [0, 0.05) is 34.7 Å². The summed E-state index contributed by atoms with van der Waals surface area (Å²) < 4.78 is 15.7. The fourth-order valence-electron chi connectivity index (χ4n) is 2.59. The van der Waals surface area contributed by atoms with Crippen LogP contribution in [0.2, 0.25) is 0 Å². The van der Waals surface area contributed by atoms with Crippen molar-refractivity contribution in [2.45, 2.75) is 6.92 Å². The van der Waals surface area contributed by atoms with Gasteiger partial charge in [-0.15, -0.1) is 11.3 Å². The van der Waals surface area contributed by atoms with Gasteiger partial charge in [0.25, 0.3) is 0 Å². The third kappa shape index (κ3) is 3.04. The highest BCUT2D eigenvalue weighted by molar-refractivity contribution is 7.13. The Hall–Kier alpha value is -3.19. The lowest BCUT2D eigenvalue weighted by molar-refractivity contribution is 0.103. The van der Waals surface area contributed by atoms with Gasteiger partial charge >= 0.3 is 0 Å². The summed E-state index contributed by atoms with van der Waals surface area (Å²) in [6.45, 7) is 1.90. The number of thiazole rings is 1. The molecule has 3 aromatic heterocycles. The van der Waals surface area contributed by atoms with Gasteiger partial charge in [0.1, 0.15) is 17.8 Å². The lowest BCUT2D eigenvalue weighted by Crippen LogP contribution is -2.00. The average Bonchev–Trinajstić information content (AvgIpc) is 3.31. The summed E-state index contributed by atoms with van der Waals surface area (Å²) in [7, 11) is 0. The van der Waals surface area contributed by atoms with E-state index in [4.69, 9.17) is 0 Å². The minimum atomic E-state index is -0.384. The fourth-order valence-corrected chi connectivity index (χ4v) is 3.31. The molecule has 0 radical (unpaired) electrons. The monoisotopic (exact) mass is 364 g/mol. The molecule has 0 amide bonds. The number of carbonyl (C=O) groups excluding carboxylic acids is 1. The summed E-state index contributed by atoms with van der Waals surface area (Å²) >= 11 is 1.34. The zero-order valence-electron chi connectivity index (χ0n) is 13.8. The first kappa shape index (κ1) is 16.3. The van der Waals surface area contributed by atoms with Crippen molar-refractivity contribution in [2.24, 2.45) is 0 Å². The van der Waals surface area contributed by atoms with Crippen LogP contribution < -0.4 is 0 Å². The van der Waals surface area contributed by atoms with Crippen LogP contribution in [-0.2, 0) is 0 Å². The van der Waals surface area contributed by atoms with Crippen LogP contribution in [0.5, 0.6) is 0 Å². The Kier molecular flexibility index (Phi) is 4.14. The van der Waals surface area contributed by atoms with Gasteiger partial charge in [-0.3, -0.25) is 9.78 Å². The topological polar surface area (TPSA) is 60.7 Å². The SMILES string of the molecule is Cc1cnc(C(=O)c2cn(-c3cccc(-c4ccncc4F)c3)cn2)s1. The number of hydrogen-bond donors (Lipinski definition) is 0. The van der Waals surface area contributed by atoms with E-state index in [0.717, 1.165) is 16.1 Å². The Morgan fingerprint density at radius 1 is 1.19 bits per heavy atom. The minimum absolute atomic E-state index is 0.210. The number of aryl methyl sites for hydroxylation is 1. The van der Waals surface area contributed by atoms with Crippen molar-refractivity contribution in [2.75, 3.05) is 0 Å². The number of rotatable bonds is 4. The number of hydrogen-bond acceptors (Lipinski definition) is 5. The van der Waals surface area contributed by atoms with E-state index in [1.165, 1.54) is 17.5 Å². The quantitative estimate of drug-likeness (QED) is 0.512. The molecule has 0 aliphatic carbocycles. The molecule has 0 spiro atoms. The van der Waals surface area contributed by atoms with Crippen molar-refractivity contribution in [3.8, 4) is 16.8 Å². The van der Waals surface area contributed by atoms with Crippen molar-refractivity contribution in [1.29, 1.82) is 0 Å². The van der Waals surface area contributed by atoms with Crippen LogP contribution in [0.3, 0.4) is 0 Å². The molecule has 0 aliphatic heterocycles. The molecule has 128 valence electrons. The molecule has 1 aromatic carbocycles. The molecule has 3 heterocycles. The van der Waals surface area contributed by atoms with Crippen molar-refractivity contribution in [1.82, 2.24) is 19.5 Å². The maximum Gasteiger partial charge on any atom is 0.241 e. The summed E-state index contributed by atoms with van der Waals surface area (Å²) in [6.07, 6.45) is 7.62. The molecule has 0 atom stereocenters. The number of nitrogens with zero attached hydrogens (tertiary/aromatic N) is 4. The van der Waals surface area contributed by atoms with Crippen LogP contribution in [-0.4, -0.2) is 25.3 Å². The molecule has 0 N–H and O–H groups in total. The first-order chi connectivity index (χ1) is 12.6. The van der Waals surface area contributed by atoms with Crippen LogP contribution in [0.4, 0.5) is 4.39 Å². The van der Waals surface area contributed by atoms with Crippen molar-refractivity contribution >= 4 is 17.1 Å². The Labute approximate surface area is 152 Å². The van der Waals surface area contributed by atoms with Crippen LogP contribution in [0, 0.1) is 12.7 Å². The van der Waals surface area contributed by atoms with E-state index in [-0.39, 0.29) is 11.6 Å². The van der Waals surface area contributed by atoms with Crippen LogP contribution >= 0.6 is 11.3 Å². The van der Waals surface area contributed by atoms with Crippen molar-refractivity contribution in [3.63, 3.8) is 0 Å². The highest BCUT2D eigenvalue weighted by atomic mass is 32.1. The second-order valence-electron chi connectivity index (χ2n) is 5.68. The van der Waals surface area contributed by atoms with E-state index in [0.29, 0.717) is 16.3 Å². The summed E-state index contributed by atoms with van der Waals surface area (Å²) in [5.74, 6) is -0.594. The van der Waals surface area contributed by atoms with Crippen LogP contribution in [0.15, 0.2) is 61.4 Å². The van der Waals surface area contributed by atoms with Crippen LogP contribution in [0.1, 0.15) is 20.4 Å². The third-order valence-electron chi connectivity index (χ3n) is 3.86. The third-order valence-corrected chi connectivity index (χ3v) is 4.77. The fraction of sp³-hybridized carbons (Fsp3) is 0.0526. The van der Waals surface area contributed by atoms with E-state index in [1.807, 2.05) is 31.2 Å². The van der Waals surface area contributed by atoms with Gasteiger partial charge in [0.2, 0.25) is 5.78 Å². The van der Waals surface area contributed by atoms with Gasteiger partial charge in [0.15, 0.2) is 5.01 Å². The zero-order chi connectivity index (χ0) is 18.1. The first-order valence-electron chi connectivity index (χ1n) is 7.83. The van der Waals surface area contributed by atoms with Gasteiger partial charge in [-0.05, 0) is 30.7 Å². The number of ketones is 1. The highest BCUT2D eigenvalue weighted by Gasteiger charge is 2.16. The molecule has 0 saturated carbocycles. The maximum absolute atomic E-state index is 14.0. The number of carbonyl (C=O) groups is 1. The second-order valence-corrected chi connectivity index (χ2v) is 6.91. The van der Waals surface area contributed by atoms with Gasteiger partial charge in [0.05, 0.1) is 6.20 Å². The number of pyridine rings is 1. The number of aromatic nitrogens is 4. The van der Waals surface area contributed by atoms with E-state index >= 15 is 0 Å². The summed E-state index contributed by atoms with van der Waals surface area (Å²) in [4.78, 5) is 25.5. The Bertz CT molecular complexity index is 1100. The minimum Gasteiger partial charge on any atom is -0.306 e. The number of imidazole rings is 1. The Morgan fingerprint density at radius 3 is 2.85 bits per heavy atom. The second kappa shape index (κ2) is 6.61. The predicted octanol–water partition coefficient (Wildman–Crippen LogP) is 4.07. The summed E-state index contributed by atoms with van der Waals surface area (Å²) in [5.41, 5.74) is 2.29. The molecular weight excluding hydrogens is 351 g/mol. The smallest absolute Gasteiger partial charge is 0.241 e. The summed E-state index contributed by atoms with van der Waals surface area (Å²) in [5, 5.41) is 0.417. The lowest BCUT2D eigenvalue weighted by atomic mass is 10.1. The molecule has 5 nitrogen and oxygen atoms in total.